The zero-order valence-corrected chi connectivity index (χ0v) is 10.9. The van der Waals surface area contributed by atoms with E-state index < -0.39 is 0 Å². The molecule has 18 heavy (non-hydrogen) atoms. The molecule has 5 nitrogen and oxygen atoms in total. The van der Waals surface area contributed by atoms with Gasteiger partial charge in [-0.05, 0) is 19.3 Å². The molecule has 0 radical (unpaired) electrons. The van der Waals surface area contributed by atoms with Crippen LogP contribution in [0.1, 0.15) is 25.5 Å². The van der Waals surface area contributed by atoms with Gasteiger partial charge in [-0.2, -0.15) is 4.52 Å². The highest BCUT2D eigenvalue weighted by molar-refractivity contribution is 7.20. The van der Waals surface area contributed by atoms with E-state index in [1.807, 2.05) is 6.92 Å². The van der Waals surface area contributed by atoms with Crippen molar-refractivity contribution in [2.45, 2.75) is 32.2 Å². The highest BCUT2D eigenvalue weighted by Crippen LogP contribution is 2.21. The first-order valence-electron chi connectivity index (χ1n) is 6.07. The largest absolute Gasteiger partial charge is 0.357 e. The Bertz CT molecular complexity index is 650. The number of hydrogen-bond donors (Lipinski definition) is 1. The van der Waals surface area contributed by atoms with Crippen LogP contribution in [0.2, 0.25) is 0 Å². The predicted octanol–water partition coefficient (Wildman–Crippen LogP) is 1.84. The van der Waals surface area contributed by atoms with E-state index >= 15 is 0 Å². The number of fused-ring (bicyclic) bond motifs is 1. The maximum atomic E-state index is 11.8. The van der Waals surface area contributed by atoms with Gasteiger partial charge in [-0.1, -0.05) is 30.4 Å². The van der Waals surface area contributed by atoms with Gasteiger partial charge in [0, 0.05) is 17.8 Å². The summed E-state index contributed by atoms with van der Waals surface area (Å²) >= 11 is 1.43. The summed E-state index contributed by atoms with van der Waals surface area (Å²) in [7, 11) is 0. The van der Waals surface area contributed by atoms with Gasteiger partial charge in [0.25, 0.3) is 5.56 Å². The highest BCUT2D eigenvalue weighted by atomic mass is 32.1. The van der Waals surface area contributed by atoms with Gasteiger partial charge >= 0.3 is 0 Å². The minimum Gasteiger partial charge on any atom is -0.357 e. The lowest BCUT2D eigenvalue weighted by Crippen LogP contribution is -2.17. The second-order valence-corrected chi connectivity index (χ2v) is 5.28. The number of aromatic nitrogens is 3. The van der Waals surface area contributed by atoms with Crippen LogP contribution in [0.5, 0.6) is 0 Å². The summed E-state index contributed by atoms with van der Waals surface area (Å²) in [4.78, 5) is 16.9. The van der Waals surface area contributed by atoms with Crippen molar-refractivity contribution < 1.29 is 0 Å². The van der Waals surface area contributed by atoms with Crippen LogP contribution in [0.3, 0.4) is 0 Å². The van der Waals surface area contributed by atoms with E-state index in [4.69, 9.17) is 0 Å². The lowest BCUT2D eigenvalue weighted by atomic mass is 10.2. The predicted molar refractivity (Wildman–Crippen MR) is 72.3 cm³/mol. The van der Waals surface area contributed by atoms with Gasteiger partial charge in [0.05, 0.1) is 0 Å². The number of anilines is 1. The lowest BCUT2D eigenvalue weighted by molar-refractivity contribution is 0.775. The van der Waals surface area contributed by atoms with Crippen LogP contribution in [-0.2, 0) is 6.42 Å². The minimum absolute atomic E-state index is 0.106. The number of nitrogens with zero attached hydrogens (tertiary/aromatic N) is 3. The molecule has 0 aliphatic heterocycles. The first kappa shape index (κ1) is 11.4. The van der Waals surface area contributed by atoms with Gasteiger partial charge in [-0.15, -0.1) is 5.10 Å². The molecule has 0 bridgehead atoms. The quantitative estimate of drug-likeness (QED) is 0.858. The van der Waals surface area contributed by atoms with E-state index in [9.17, 15) is 4.79 Å². The van der Waals surface area contributed by atoms with Crippen molar-refractivity contribution >= 4 is 21.4 Å². The average molecular weight is 262 g/mol. The molecule has 0 spiro atoms. The molecule has 1 aliphatic rings. The summed E-state index contributed by atoms with van der Waals surface area (Å²) in [6.07, 6.45) is 7.10. The summed E-state index contributed by atoms with van der Waals surface area (Å²) in [6, 6.07) is 1.94. The Hall–Kier alpha value is -1.69. The fourth-order valence-corrected chi connectivity index (χ4v) is 2.91. The average Bonchev–Trinajstić information content (AvgIpc) is 2.98. The van der Waals surface area contributed by atoms with Crippen molar-refractivity contribution in [1.82, 2.24) is 14.6 Å². The molecule has 1 N–H and O–H groups in total. The van der Waals surface area contributed by atoms with Gasteiger partial charge in [-0.25, -0.2) is 4.98 Å². The Morgan fingerprint density at radius 3 is 3.00 bits per heavy atom. The second kappa shape index (κ2) is 4.53. The van der Waals surface area contributed by atoms with E-state index in [-0.39, 0.29) is 5.56 Å². The number of hydrogen-bond acceptors (Lipinski definition) is 5. The standard InChI is InChI=1S/C12H14N4OS/c1-2-8-7-10(17)16-12(14-8)18-11(15-16)13-9-5-3-4-6-9/h3-4,7,9H,2,5-6H2,1H3,(H,13,15). The smallest absolute Gasteiger partial charge is 0.275 e. The number of nitrogens with one attached hydrogen (secondary N) is 1. The lowest BCUT2D eigenvalue weighted by Gasteiger charge is -2.08. The van der Waals surface area contributed by atoms with Gasteiger partial charge < -0.3 is 5.32 Å². The summed E-state index contributed by atoms with van der Waals surface area (Å²) in [5.41, 5.74) is 0.712. The molecule has 94 valence electrons. The van der Waals surface area contributed by atoms with Gasteiger partial charge in [0.15, 0.2) is 0 Å². The fourth-order valence-electron chi connectivity index (χ4n) is 2.01. The normalized spacial score (nSPS) is 15.6. The molecular weight excluding hydrogens is 248 g/mol. The summed E-state index contributed by atoms with van der Waals surface area (Å²) in [5.74, 6) is 0. The molecule has 2 heterocycles. The summed E-state index contributed by atoms with van der Waals surface area (Å²) < 4.78 is 1.37. The molecule has 0 amide bonds. The molecule has 1 aliphatic carbocycles. The summed E-state index contributed by atoms with van der Waals surface area (Å²) in [5, 5.41) is 8.38. The molecule has 0 fully saturated rings. The van der Waals surface area contributed by atoms with Crippen LogP contribution >= 0.6 is 11.3 Å². The van der Waals surface area contributed by atoms with Crippen LogP contribution in [0.4, 0.5) is 5.13 Å². The van der Waals surface area contributed by atoms with Crippen LogP contribution in [0.15, 0.2) is 23.0 Å². The molecule has 0 saturated heterocycles. The van der Waals surface area contributed by atoms with Crippen LogP contribution in [0.25, 0.3) is 4.96 Å². The van der Waals surface area contributed by atoms with Crippen molar-refractivity contribution in [2.75, 3.05) is 5.32 Å². The molecule has 3 rings (SSSR count). The van der Waals surface area contributed by atoms with E-state index in [0.717, 1.165) is 30.1 Å². The number of rotatable bonds is 3. The molecular formula is C12H14N4OS. The van der Waals surface area contributed by atoms with Crippen molar-refractivity contribution in [1.29, 1.82) is 0 Å². The zero-order chi connectivity index (χ0) is 12.5. The Balaban J connectivity index is 1.95. The number of aryl methyl sites for hydroxylation is 1. The molecule has 0 atom stereocenters. The van der Waals surface area contributed by atoms with Gasteiger partial charge in [0.1, 0.15) is 0 Å². The van der Waals surface area contributed by atoms with E-state index in [2.05, 4.69) is 27.6 Å². The van der Waals surface area contributed by atoms with E-state index in [0.29, 0.717) is 11.0 Å². The molecule has 6 heteroatoms. The minimum atomic E-state index is -0.106. The molecule has 0 aromatic carbocycles. The maximum Gasteiger partial charge on any atom is 0.275 e. The molecule has 2 aromatic heterocycles. The van der Waals surface area contributed by atoms with Gasteiger partial charge in [0.2, 0.25) is 10.1 Å². The fraction of sp³-hybridized carbons (Fsp3) is 0.417. The van der Waals surface area contributed by atoms with Crippen molar-refractivity contribution in [3.8, 4) is 0 Å². The Kier molecular flexibility index (Phi) is 2.87. The van der Waals surface area contributed by atoms with Gasteiger partial charge in [-0.3, -0.25) is 4.79 Å². The molecule has 0 unspecified atom stereocenters. The van der Waals surface area contributed by atoms with Crippen molar-refractivity contribution in [3.63, 3.8) is 0 Å². The topological polar surface area (TPSA) is 59.3 Å². The van der Waals surface area contributed by atoms with Crippen LogP contribution < -0.4 is 10.9 Å². The first-order chi connectivity index (χ1) is 8.76. The second-order valence-electron chi connectivity index (χ2n) is 4.32. The van der Waals surface area contributed by atoms with Crippen LogP contribution in [0, 0.1) is 0 Å². The maximum absolute atomic E-state index is 11.8. The zero-order valence-electron chi connectivity index (χ0n) is 10.1. The van der Waals surface area contributed by atoms with Crippen molar-refractivity contribution in [3.05, 3.63) is 34.3 Å². The highest BCUT2D eigenvalue weighted by Gasteiger charge is 2.13. The first-order valence-corrected chi connectivity index (χ1v) is 6.89. The monoisotopic (exact) mass is 262 g/mol. The Labute approximate surface area is 108 Å². The SMILES string of the molecule is CCc1cc(=O)n2nc(NC3CC=CC3)sc2n1. The van der Waals surface area contributed by atoms with E-state index in [1.54, 1.807) is 6.07 Å². The van der Waals surface area contributed by atoms with Crippen molar-refractivity contribution in [2.24, 2.45) is 0 Å². The third-order valence-corrected chi connectivity index (χ3v) is 3.84. The molecule has 2 aromatic rings. The third-order valence-electron chi connectivity index (χ3n) is 3.00. The third kappa shape index (κ3) is 2.03. The van der Waals surface area contributed by atoms with E-state index in [1.165, 1.54) is 15.9 Å². The Morgan fingerprint density at radius 1 is 1.50 bits per heavy atom. The summed E-state index contributed by atoms with van der Waals surface area (Å²) in [6.45, 7) is 1.99. The Morgan fingerprint density at radius 2 is 2.28 bits per heavy atom. The molecule has 0 saturated carbocycles. The van der Waals surface area contributed by atoms with Crippen LogP contribution in [-0.4, -0.2) is 20.6 Å².